The second-order valence-corrected chi connectivity index (χ2v) is 7.13. The van der Waals surface area contributed by atoms with Gasteiger partial charge < -0.3 is 16.8 Å². The first-order valence-electron chi connectivity index (χ1n) is 9.37. The van der Waals surface area contributed by atoms with Gasteiger partial charge in [-0.05, 0) is 50.0 Å². The summed E-state index contributed by atoms with van der Waals surface area (Å²) in [4.78, 5) is 19.5. The molecule has 1 saturated carbocycles. The summed E-state index contributed by atoms with van der Waals surface area (Å²) in [5, 5.41) is 14.6. The minimum Gasteiger partial charge on any atom is -0.378 e. The Morgan fingerprint density at radius 2 is 1.85 bits per heavy atom. The zero-order valence-electron chi connectivity index (χ0n) is 15.3. The van der Waals surface area contributed by atoms with Gasteiger partial charge in [0.2, 0.25) is 11.8 Å². The Morgan fingerprint density at radius 1 is 1.15 bits per heavy atom. The topological polar surface area (TPSA) is 133 Å². The second-order valence-electron chi connectivity index (χ2n) is 7.13. The summed E-state index contributed by atoms with van der Waals surface area (Å²) in [6.45, 7) is 0.624. The fraction of sp³-hybridized carbons (Fsp3) is 0.474. The molecule has 144 valence electrons. The molecule has 0 amide bonds. The summed E-state index contributed by atoms with van der Waals surface area (Å²) < 4.78 is 0. The van der Waals surface area contributed by atoms with Crippen LogP contribution in [0.25, 0.3) is 0 Å². The maximum absolute atomic E-state index is 11.5. The van der Waals surface area contributed by atoms with Gasteiger partial charge in [-0.25, -0.2) is 4.98 Å². The molecule has 0 saturated heterocycles. The van der Waals surface area contributed by atoms with E-state index < -0.39 is 4.92 Å². The molecule has 0 radical (unpaired) electrons. The van der Waals surface area contributed by atoms with Crippen LogP contribution in [0.4, 0.5) is 17.5 Å². The summed E-state index contributed by atoms with van der Waals surface area (Å²) in [7, 11) is 0. The number of rotatable bonds is 7. The predicted molar refractivity (Wildman–Crippen MR) is 105 cm³/mol. The zero-order chi connectivity index (χ0) is 19.2. The van der Waals surface area contributed by atoms with Crippen molar-refractivity contribution in [2.24, 2.45) is 11.7 Å². The minimum atomic E-state index is -0.479. The monoisotopic (exact) mass is 370 g/mol. The van der Waals surface area contributed by atoms with E-state index in [2.05, 4.69) is 15.3 Å². The minimum absolute atomic E-state index is 0.0836. The highest BCUT2D eigenvalue weighted by molar-refractivity contribution is 5.58. The molecule has 0 atom stereocenters. The Hall–Kier alpha value is -2.74. The van der Waals surface area contributed by atoms with Gasteiger partial charge in [-0.3, -0.25) is 10.1 Å². The first-order chi connectivity index (χ1) is 13.0. The Labute approximate surface area is 158 Å². The normalized spacial score (nSPS) is 19.6. The number of nitrogen functional groups attached to an aromatic ring is 1. The lowest BCUT2D eigenvalue weighted by atomic mass is 9.83. The maximum atomic E-state index is 11.5. The number of nitro groups is 1. The number of anilines is 2. The number of nitrogens with one attached hydrogen (secondary N) is 1. The predicted octanol–water partition coefficient (Wildman–Crippen LogP) is 2.68. The number of benzene rings is 1. The van der Waals surface area contributed by atoms with Crippen LogP contribution in [-0.4, -0.2) is 27.5 Å². The molecule has 1 fully saturated rings. The molecule has 8 heteroatoms. The lowest BCUT2D eigenvalue weighted by Gasteiger charge is -2.25. The van der Waals surface area contributed by atoms with Gasteiger partial charge in [0.15, 0.2) is 0 Å². The number of hydrogen-bond donors (Lipinski definition) is 3. The Kier molecular flexibility index (Phi) is 6.18. The van der Waals surface area contributed by atoms with E-state index in [-0.39, 0.29) is 17.5 Å². The number of nitrogens with zero attached hydrogens (tertiary/aromatic N) is 3. The molecule has 1 aromatic heterocycles. The van der Waals surface area contributed by atoms with Gasteiger partial charge >= 0.3 is 5.69 Å². The van der Waals surface area contributed by atoms with Crippen LogP contribution < -0.4 is 16.8 Å². The molecule has 3 rings (SSSR count). The van der Waals surface area contributed by atoms with Gasteiger partial charge in [-0.2, -0.15) is 4.98 Å². The third-order valence-electron chi connectivity index (χ3n) is 5.08. The third kappa shape index (κ3) is 5.13. The van der Waals surface area contributed by atoms with Crippen LogP contribution >= 0.6 is 0 Å². The van der Waals surface area contributed by atoms with Crippen molar-refractivity contribution in [1.29, 1.82) is 0 Å². The highest BCUT2D eigenvalue weighted by Crippen LogP contribution is 2.31. The van der Waals surface area contributed by atoms with Crippen molar-refractivity contribution >= 4 is 17.5 Å². The zero-order valence-corrected chi connectivity index (χ0v) is 15.3. The summed E-state index contributed by atoms with van der Waals surface area (Å²) >= 11 is 0. The van der Waals surface area contributed by atoms with Crippen molar-refractivity contribution in [1.82, 2.24) is 9.97 Å². The van der Waals surface area contributed by atoms with Crippen molar-refractivity contribution in [3.05, 3.63) is 51.7 Å². The van der Waals surface area contributed by atoms with Crippen LogP contribution in [0.1, 0.15) is 36.9 Å². The summed E-state index contributed by atoms with van der Waals surface area (Å²) in [5.74, 6) is 0.603. The molecular weight excluding hydrogens is 344 g/mol. The van der Waals surface area contributed by atoms with Gasteiger partial charge in [0.1, 0.15) is 5.69 Å². The average molecular weight is 370 g/mol. The van der Waals surface area contributed by atoms with Crippen LogP contribution in [0.5, 0.6) is 0 Å². The van der Waals surface area contributed by atoms with Crippen molar-refractivity contribution in [2.45, 2.75) is 44.6 Å². The molecule has 5 N–H and O–H groups in total. The average Bonchev–Trinajstić information content (AvgIpc) is 2.64. The van der Waals surface area contributed by atoms with E-state index >= 15 is 0 Å². The van der Waals surface area contributed by atoms with Gasteiger partial charge in [-0.15, -0.1) is 0 Å². The fourth-order valence-electron chi connectivity index (χ4n) is 3.57. The molecule has 1 aliphatic carbocycles. The molecule has 8 nitrogen and oxygen atoms in total. The molecule has 1 aliphatic rings. The highest BCUT2D eigenvalue weighted by atomic mass is 16.6. The lowest BCUT2D eigenvalue weighted by molar-refractivity contribution is -0.385. The number of nitrogens with two attached hydrogens (primary N) is 2. The Bertz CT molecular complexity index is 775. The first-order valence-corrected chi connectivity index (χ1v) is 9.37. The molecule has 1 aromatic carbocycles. The third-order valence-corrected chi connectivity index (χ3v) is 5.08. The molecule has 0 bridgehead atoms. The standard InChI is InChI=1S/C19H26N6O2/c20-15-8-6-14(7-9-15)12-16-17(25(26)27)18(21)24-19(23-16)22-11-10-13-4-2-1-3-5-13/h1-5,14-15H,6-12,20H2,(H3,21,22,23,24)/t14-,15-. The second kappa shape index (κ2) is 8.77. The van der Waals surface area contributed by atoms with E-state index in [1.807, 2.05) is 30.3 Å². The summed E-state index contributed by atoms with van der Waals surface area (Å²) in [5.41, 5.74) is 13.3. The molecule has 0 unspecified atom stereocenters. The van der Waals surface area contributed by atoms with E-state index in [1.165, 1.54) is 5.56 Å². The molecule has 0 aliphatic heterocycles. The van der Waals surface area contributed by atoms with E-state index in [0.29, 0.717) is 30.5 Å². The van der Waals surface area contributed by atoms with Crippen LogP contribution in [-0.2, 0) is 12.8 Å². The molecule has 0 spiro atoms. The van der Waals surface area contributed by atoms with E-state index in [9.17, 15) is 10.1 Å². The van der Waals surface area contributed by atoms with Gasteiger partial charge in [0, 0.05) is 12.6 Å². The van der Waals surface area contributed by atoms with E-state index in [4.69, 9.17) is 11.5 Å². The van der Waals surface area contributed by atoms with Crippen LogP contribution in [0.15, 0.2) is 30.3 Å². The molecule has 2 aromatic rings. The number of hydrogen-bond acceptors (Lipinski definition) is 7. The molecule has 27 heavy (non-hydrogen) atoms. The van der Waals surface area contributed by atoms with Crippen molar-refractivity contribution < 1.29 is 4.92 Å². The smallest absolute Gasteiger partial charge is 0.332 e. The summed E-state index contributed by atoms with van der Waals surface area (Å²) in [6.07, 6.45) is 5.14. The van der Waals surface area contributed by atoms with Gasteiger partial charge in [0.05, 0.1) is 4.92 Å². The van der Waals surface area contributed by atoms with Crippen molar-refractivity contribution in [2.75, 3.05) is 17.6 Å². The highest BCUT2D eigenvalue weighted by Gasteiger charge is 2.27. The first kappa shape index (κ1) is 19.0. The van der Waals surface area contributed by atoms with E-state index in [1.54, 1.807) is 0 Å². The van der Waals surface area contributed by atoms with E-state index in [0.717, 1.165) is 32.1 Å². The number of aromatic nitrogens is 2. The van der Waals surface area contributed by atoms with Crippen LogP contribution in [0.3, 0.4) is 0 Å². The molecule has 1 heterocycles. The Balaban J connectivity index is 1.71. The lowest BCUT2D eigenvalue weighted by Crippen LogP contribution is -2.27. The van der Waals surface area contributed by atoms with Gasteiger partial charge in [0.25, 0.3) is 0 Å². The molecular formula is C19H26N6O2. The fourth-order valence-corrected chi connectivity index (χ4v) is 3.57. The quantitative estimate of drug-likeness (QED) is 0.504. The van der Waals surface area contributed by atoms with Crippen molar-refractivity contribution in [3.8, 4) is 0 Å². The van der Waals surface area contributed by atoms with Crippen LogP contribution in [0, 0.1) is 16.0 Å². The van der Waals surface area contributed by atoms with Crippen molar-refractivity contribution in [3.63, 3.8) is 0 Å². The van der Waals surface area contributed by atoms with Gasteiger partial charge in [-0.1, -0.05) is 30.3 Å². The largest absolute Gasteiger partial charge is 0.378 e. The summed E-state index contributed by atoms with van der Waals surface area (Å²) in [6, 6.07) is 10.3. The Morgan fingerprint density at radius 3 is 2.52 bits per heavy atom. The SMILES string of the molecule is Nc1nc(NCCc2ccccc2)nc(C[C@H]2CC[C@H](N)CC2)c1[N+](=O)[O-]. The van der Waals surface area contributed by atoms with Crippen LogP contribution in [0.2, 0.25) is 0 Å². The maximum Gasteiger partial charge on any atom is 0.332 e.